The maximum absolute atomic E-state index is 5.46. The summed E-state index contributed by atoms with van der Waals surface area (Å²) in [6, 6.07) is 7.94. The van der Waals surface area contributed by atoms with Gasteiger partial charge >= 0.3 is 0 Å². The number of hydrogen-bond donors (Lipinski definition) is 1. The quantitative estimate of drug-likeness (QED) is 0.593. The van der Waals surface area contributed by atoms with E-state index in [1.165, 1.54) is 28.7 Å². The third-order valence-corrected chi connectivity index (χ3v) is 5.51. The molecule has 0 aromatic heterocycles. The molecule has 0 bridgehead atoms. The van der Waals surface area contributed by atoms with E-state index in [-0.39, 0.29) is 0 Å². The summed E-state index contributed by atoms with van der Waals surface area (Å²) in [5.41, 5.74) is 8.36. The highest BCUT2D eigenvalue weighted by Gasteiger charge is 2.01. The molecule has 1 aromatic rings. The lowest BCUT2D eigenvalue weighted by molar-refractivity contribution is 0.943. The molecule has 0 aliphatic heterocycles. The minimum Gasteiger partial charge on any atom is -0.330 e. The third kappa shape index (κ3) is 4.72. The highest BCUT2D eigenvalue weighted by Crippen LogP contribution is 2.06. The minimum atomic E-state index is 0.826. The molecule has 1 nitrogen and oxygen atoms in total. The first kappa shape index (κ1) is 13.8. The van der Waals surface area contributed by atoms with Crippen LogP contribution >= 0.6 is 11.8 Å². The fourth-order valence-electron chi connectivity index (χ4n) is 1.49. The summed E-state index contributed by atoms with van der Waals surface area (Å²) >= 11 is 2.03. The lowest BCUT2D eigenvalue weighted by Crippen LogP contribution is -2.18. The highest BCUT2D eigenvalue weighted by atomic mass is 32.2. The van der Waals surface area contributed by atoms with Gasteiger partial charge in [-0.3, -0.25) is 0 Å². The van der Waals surface area contributed by atoms with E-state index in [4.69, 9.17) is 5.73 Å². The normalized spacial score (nSPS) is 10.7. The summed E-state index contributed by atoms with van der Waals surface area (Å²) in [6.07, 6.45) is 1.15. The van der Waals surface area contributed by atoms with Crippen LogP contribution in [0.4, 0.5) is 0 Å². The molecule has 0 unspecified atom stereocenters. The van der Waals surface area contributed by atoms with Gasteiger partial charge in [-0.15, -0.1) is 0 Å². The SMILES string of the molecule is Cc1cccc([Si]CCSCCCN)c1C. The average molecular weight is 251 g/mol. The molecule has 2 radical (unpaired) electrons. The smallest absolute Gasteiger partial charge is 0.0820 e. The minimum absolute atomic E-state index is 0.826. The molecule has 0 saturated heterocycles. The van der Waals surface area contributed by atoms with Crippen LogP contribution in [0.5, 0.6) is 0 Å². The standard InChI is InChI=1S/C13H21NSSi/c1-11-5-3-6-13(12(11)2)16-10-9-15-8-4-7-14/h3,5-6H,4,7-10,14H2,1-2H3. The van der Waals surface area contributed by atoms with Gasteiger partial charge < -0.3 is 5.73 Å². The lowest BCUT2D eigenvalue weighted by atomic mass is 10.1. The van der Waals surface area contributed by atoms with Gasteiger partial charge in [0.2, 0.25) is 0 Å². The highest BCUT2D eigenvalue weighted by molar-refractivity contribution is 7.99. The largest absolute Gasteiger partial charge is 0.330 e. The van der Waals surface area contributed by atoms with Gasteiger partial charge in [-0.2, -0.15) is 11.8 Å². The zero-order valence-corrected chi connectivity index (χ0v) is 12.1. The molecule has 1 aromatic carbocycles. The van der Waals surface area contributed by atoms with Crippen LogP contribution < -0.4 is 10.9 Å². The summed E-state index contributed by atoms with van der Waals surface area (Å²) in [6.45, 7) is 5.25. The predicted octanol–water partition coefficient (Wildman–Crippen LogP) is 2.13. The van der Waals surface area contributed by atoms with Gasteiger partial charge in [-0.1, -0.05) is 23.4 Å². The van der Waals surface area contributed by atoms with Crippen molar-refractivity contribution >= 4 is 26.5 Å². The molecule has 88 valence electrons. The van der Waals surface area contributed by atoms with Crippen molar-refractivity contribution in [1.29, 1.82) is 0 Å². The molecule has 16 heavy (non-hydrogen) atoms. The van der Waals surface area contributed by atoms with Gasteiger partial charge in [-0.25, -0.2) is 0 Å². The fourth-order valence-corrected chi connectivity index (χ4v) is 3.99. The van der Waals surface area contributed by atoms with Crippen molar-refractivity contribution in [3.63, 3.8) is 0 Å². The molecule has 0 amide bonds. The van der Waals surface area contributed by atoms with Crippen LogP contribution in [-0.4, -0.2) is 27.6 Å². The molecule has 0 aliphatic carbocycles. The van der Waals surface area contributed by atoms with Crippen LogP contribution in [0.1, 0.15) is 17.5 Å². The first-order valence-electron chi connectivity index (χ1n) is 5.83. The van der Waals surface area contributed by atoms with E-state index in [0.29, 0.717) is 0 Å². The number of hydrogen-bond acceptors (Lipinski definition) is 2. The van der Waals surface area contributed by atoms with E-state index in [1.54, 1.807) is 5.19 Å². The molecule has 2 N–H and O–H groups in total. The fraction of sp³-hybridized carbons (Fsp3) is 0.538. The van der Waals surface area contributed by atoms with E-state index in [2.05, 4.69) is 32.0 Å². The van der Waals surface area contributed by atoms with E-state index in [0.717, 1.165) is 22.5 Å². The summed E-state index contributed by atoms with van der Waals surface area (Å²) in [4.78, 5) is 0. The Morgan fingerprint density at radius 2 is 2.06 bits per heavy atom. The maximum atomic E-state index is 5.46. The average Bonchev–Trinajstić information content (AvgIpc) is 2.29. The van der Waals surface area contributed by atoms with E-state index < -0.39 is 0 Å². The summed E-state index contributed by atoms with van der Waals surface area (Å²) < 4.78 is 0. The molecule has 0 fully saturated rings. The van der Waals surface area contributed by atoms with Crippen molar-refractivity contribution in [2.24, 2.45) is 5.73 Å². The Labute approximate surface area is 106 Å². The monoisotopic (exact) mass is 251 g/mol. The summed E-state index contributed by atoms with van der Waals surface area (Å²) in [7, 11) is 0.960. The second-order valence-corrected chi connectivity index (χ2v) is 6.55. The maximum Gasteiger partial charge on any atom is 0.0820 e. The Balaban J connectivity index is 2.24. The number of nitrogens with two attached hydrogens (primary N) is 1. The van der Waals surface area contributed by atoms with Crippen molar-refractivity contribution in [3.8, 4) is 0 Å². The molecule has 0 saturated carbocycles. The molecule has 0 aliphatic rings. The Morgan fingerprint density at radius 1 is 1.25 bits per heavy atom. The number of thioether (sulfide) groups is 1. The van der Waals surface area contributed by atoms with E-state index in [9.17, 15) is 0 Å². The Morgan fingerprint density at radius 3 is 2.81 bits per heavy atom. The zero-order chi connectivity index (χ0) is 11.8. The van der Waals surface area contributed by atoms with Crippen molar-refractivity contribution < 1.29 is 0 Å². The molecule has 0 heterocycles. The number of aryl methyl sites for hydroxylation is 1. The molecular formula is C13H21NSSi. The van der Waals surface area contributed by atoms with Crippen molar-refractivity contribution in [2.45, 2.75) is 26.3 Å². The van der Waals surface area contributed by atoms with Crippen LogP contribution in [-0.2, 0) is 0 Å². The van der Waals surface area contributed by atoms with Crippen molar-refractivity contribution in [3.05, 3.63) is 29.3 Å². The number of rotatable bonds is 7. The summed E-state index contributed by atoms with van der Waals surface area (Å²) in [5, 5.41) is 1.54. The van der Waals surface area contributed by atoms with Crippen molar-refractivity contribution in [1.82, 2.24) is 0 Å². The van der Waals surface area contributed by atoms with Gasteiger partial charge in [0.05, 0.1) is 9.52 Å². The second kappa shape index (κ2) is 7.93. The summed E-state index contributed by atoms with van der Waals surface area (Å²) in [5.74, 6) is 2.49. The van der Waals surface area contributed by atoms with Crippen LogP contribution in [0.3, 0.4) is 0 Å². The third-order valence-electron chi connectivity index (χ3n) is 2.66. The topological polar surface area (TPSA) is 26.0 Å². The van der Waals surface area contributed by atoms with Gasteiger partial charge in [0, 0.05) is 0 Å². The van der Waals surface area contributed by atoms with Crippen LogP contribution in [0.2, 0.25) is 6.04 Å². The lowest BCUT2D eigenvalue weighted by Gasteiger charge is -2.07. The predicted molar refractivity (Wildman–Crippen MR) is 77.1 cm³/mol. The van der Waals surface area contributed by atoms with Crippen LogP contribution in [0, 0.1) is 13.8 Å². The first-order chi connectivity index (χ1) is 7.75. The van der Waals surface area contributed by atoms with Crippen LogP contribution in [0.25, 0.3) is 0 Å². The molecule has 0 atom stereocenters. The Bertz CT molecular complexity index is 315. The van der Waals surface area contributed by atoms with E-state index >= 15 is 0 Å². The molecule has 0 spiro atoms. The zero-order valence-electron chi connectivity index (χ0n) is 10.3. The molecule has 3 heteroatoms. The molecular weight excluding hydrogens is 230 g/mol. The van der Waals surface area contributed by atoms with Gasteiger partial charge in [-0.05, 0) is 55.5 Å². The van der Waals surface area contributed by atoms with E-state index in [1.807, 2.05) is 11.8 Å². The van der Waals surface area contributed by atoms with Gasteiger partial charge in [0.1, 0.15) is 0 Å². The Hall–Kier alpha value is -0.253. The van der Waals surface area contributed by atoms with Crippen LogP contribution in [0.15, 0.2) is 18.2 Å². The van der Waals surface area contributed by atoms with Gasteiger partial charge in [0.15, 0.2) is 0 Å². The first-order valence-corrected chi connectivity index (χ1v) is 8.19. The van der Waals surface area contributed by atoms with Gasteiger partial charge in [0.25, 0.3) is 0 Å². The Kier molecular flexibility index (Phi) is 6.84. The second-order valence-electron chi connectivity index (χ2n) is 3.93. The van der Waals surface area contributed by atoms with Crippen molar-refractivity contribution in [2.75, 3.05) is 18.1 Å². The molecule has 1 rings (SSSR count). The number of benzene rings is 1.